The Labute approximate surface area is 185 Å². The number of nitrogens with one attached hydrogen (secondary N) is 1. The van der Waals surface area contributed by atoms with Gasteiger partial charge in [0.25, 0.3) is 0 Å². The summed E-state index contributed by atoms with van der Waals surface area (Å²) < 4.78 is 16.5. The third kappa shape index (κ3) is 5.28. The van der Waals surface area contributed by atoms with Crippen molar-refractivity contribution in [1.29, 1.82) is 0 Å². The van der Waals surface area contributed by atoms with Gasteiger partial charge in [0.05, 0.1) is 12.5 Å². The molecule has 4 rings (SSSR count). The summed E-state index contributed by atoms with van der Waals surface area (Å²) in [6, 6.07) is 16.6. The summed E-state index contributed by atoms with van der Waals surface area (Å²) in [5.41, 5.74) is 2.98. The van der Waals surface area contributed by atoms with Crippen LogP contribution in [0.2, 0.25) is 0 Å². The summed E-state index contributed by atoms with van der Waals surface area (Å²) in [7, 11) is 1.70. The first-order chi connectivity index (χ1) is 15.2. The lowest BCUT2D eigenvalue weighted by atomic mass is 9.74. The van der Waals surface area contributed by atoms with Gasteiger partial charge in [-0.15, -0.1) is 0 Å². The van der Waals surface area contributed by atoms with Crippen LogP contribution in [0.1, 0.15) is 31.2 Å². The van der Waals surface area contributed by atoms with Crippen molar-refractivity contribution < 1.29 is 19.0 Å². The van der Waals surface area contributed by atoms with Crippen LogP contribution in [0.4, 0.5) is 0 Å². The van der Waals surface area contributed by atoms with Gasteiger partial charge in [-0.1, -0.05) is 42.5 Å². The summed E-state index contributed by atoms with van der Waals surface area (Å²) in [6.45, 7) is 3.64. The Bertz CT molecular complexity index is 852. The smallest absolute Gasteiger partial charge is 0.226 e. The van der Waals surface area contributed by atoms with E-state index in [-0.39, 0.29) is 5.91 Å². The molecule has 0 bridgehead atoms. The van der Waals surface area contributed by atoms with Crippen LogP contribution in [0, 0.1) is 11.3 Å². The number of hydrogen-bond donors (Lipinski definition) is 1. The molecule has 0 atom stereocenters. The first-order valence-corrected chi connectivity index (χ1v) is 11.4. The molecule has 5 heteroatoms. The van der Waals surface area contributed by atoms with Gasteiger partial charge >= 0.3 is 0 Å². The maximum absolute atomic E-state index is 13.3. The second-order valence-electron chi connectivity index (χ2n) is 8.73. The van der Waals surface area contributed by atoms with Crippen LogP contribution in [0.25, 0.3) is 11.1 Å². The zero-order chi connectivity index (χ0) is 21.5. The fraction of sp³-hybridized carbons (Fsp3) is 0.500. The molecule has 2 aromatic carbocycles. The molecule has 2 fully saturated rings. The van der Waals surface area contributed by atoms with Gasteiger partial charge in [-0.05, 0) is 55.2 Å². The quantitative estimate of drug-likeness (QED) is 0.724. The molecule has 0 aliphatic carbocycles. The highest BCUT2D eigenvalue weighted by Gasteiger charge is 2.40. The van der Waals surface area contributed by atoms with Crippen LogP contribution in [0.15, 0.2) is 48.5 Å². The minimum atomic E-state index is -0.393. The standard InChI is InChI=1S/C26H33NO4/c1-29-24-5-3-2-4-23(24)22-8-6-20(7-9-22)18-26(12-16-31-17-13-26)25(28)27-19-21-10-14-30-15-11-21/h2-9,21H,10-19H2,1H3,(H,27,28). The molecular formula is C26H33NO4. The fourth-order valence-corrected chi connectivity index (χ4v) is 4.70. The second-order valence-corrected chi connectivity index (χ2v) is 8.73. The van der Waals surface area contributed by atoms with Crippen LogP contribution in [-0.4, -0.2) is 46.0 Å². The number of carbonyl (C=O) groups excluding carboxylic acids is 1. The highest BCUT2D eigenvalue weighted by Crippen LogP contribution is 2.36. The van der Waals surface area contributed by atoms with Gasteiger partial charge < -0.3 is 19.5 Å². The Kier molecular flexibility index (Phi) is 7.25. The van der Waals surface area contributed by atoms with Crippen molar-refractivity contribution in [3.63, 3.8) is 0 Å². The Morgan fingerprint density at radius 2 is 1.68 bits per heavy atom. The fourth-order valence-electron chi connectivity index (χ4n) is 4.70. The van der Waals surface area contributed by atoms with Gasteiger partial charge in [-0.25, -0.2) is 0 Å². The summed E-state index contributed by atoms with van der Waals surface area (Å²) in [6.07, 6.45) is 4.32. The zero-order valence-electron chi connectivity index (χ0n) is 18.4. The minimum absolute atomic E-state index is 0.177. The molecule has 166 valence electrons. The number of rotatable bonds is 7. The molecule has 31 heavy (non-hydrogen) atoms. The van der Waals surface area contributed by atoms with Crippen LogP contribution in [0.5, 0.6) is 5.75 Å². The van der Waals surface area contributed by atoms with Crippen molar-refractivity contribution in [2.45, 2.75) is 32.1 Å². The van der Waals surface area contributed by atoms with E-state index in [1.165, 1.54) is 5.56 Å². The first kappa shape index (κ1) is 21.8. The van der Waals surface area contributed by atoms with Crippen LogP contribution < -0.4 is 10.1 Å². The summed E-state index contributed by atoms with van der Waals surface area (Å²) >= 11 is 0. The normalized spacial score (nSPS) is 19.0. The average molecular weight is 424 g/mol. The lowest BCUT2D eigenvalue weighted by Crippen LogP contribution is -2.47. The maximum atomic E-state index is 13.3. The molecule has 2 saturated heterocycles. The minimum Gasteiger partial charge on any atom is -0.496 e. The first-order valence-electron chi connectivity index (χ1n) is 11.4. The van der Waals surface area contributed by atoms with Crippen molar-refractivity contribution >= 4 is 5.91 Å². The Hall–Kier alpha value is -2.37. The van der Waals surface area contributed by atoms with Crippen molar-refractivity contribution in [1.82, 2.24) is 5.32 Å². The van der Waals surface area contributed by atoms with Crippen LogP contribution in [0.3, 0.4) is 0 Å². The third-order valence-corrected chi connectivity index (χ3v) is 6.74. The highest BCUT2D eigenvalue weighted by molar-refractivity contribution is 5.83. The molecule has 0 unspecified atom stereocenters. The highest BCUT2D eigenvalue weighted by atomic mass is 16.5. The van der Waals surface area contributed by atoms with Crippen LogP contribution in [-0.2, 0) is 20.7 Å². The zero-order valence-corrected chi connectivity index (χ0v) is 18.4. The maximum Gasteiger partial charge on any atom is 0.226 e. The van der Waals surface area contributed by atoms with E-state index in [1.807, 2.05) is 18.2 Å². The predicted octanol–water partition coefficient (Wildman–Crippen LogP) is 4.24. The molecule has 0 radical (unpaired) electrons. The largest absolute Gasteiger partial charge is 0.496 e. The number of para-hydroxylation sites is 1. The molecule has 0 aromatic heterocycles. The summed E-state index contributed by atoms with van der Waals surface area (Å²) in [4.78, 5) is 13.3. The predicted molar refractivity (Wildman–Crippen MR) is 121 cm³/mol. The molecule has 1 N–H and O–H groups in total. The number of ether oxygens (including phenoxy) is 3. The molecule has 2 heterocycles. The third-order valence-electron chi connectivity index (χ3n) is 6.74. The number of amides is 1. The monoisotopic (exact) mass is 423 g/mol. The van der Waals surface area contributed by atoms with Gasteiger partial charge in [0.2, 0.25) is 5.91 Å². The molecule has 2 aliphatic rings. The van der Waals surface area contributed by atoms with E-state index in [2.05, 4.69) is 35.6 Å². The molecule has 5 nitrogen and oxygen atoms in total. The van der Waals surface area contributed by atoms with Gasteiger partial charge in [-0.2, -0.15) is 0 Å². The number of benzene rings is 2. The van der Waals surface area contributed by atoms with Crippen LogP contribution >= 0.6 is 0 Å². The Morgan fingerprint density at radius 3 is 2.39 bits per heavy atom. The lowest BCUT2D eigenvalue weighted by Gasteiger charge is -2.36. The van der Waals surface area contributed by atoms with E-state index >= 15 is 0 Å². The number of methoxy groups -OCH3 is 1. The van der Waals surface area contributed by atoms with E-state index in [0.717, 1.165) is 68.7 Å². The van der Waals surface area contributed by atoms with Crippen molar-refractivity contribution in [3.8, 4) is 16.9 Å². The number of carbonyl (C=O) groups is 1. The SMILES string of the molecule is COc1ccccc1-c1ccc(CC2(C(=O)NCC3CCOCC3)CCOCC2)cc1. The molecular weight excluding hydrogens is 390 g/mol. The van der Waals surface area contributed by atoms with E-state index in [9.17, 15) is 4.79 Å². The van der Waals surface area contributed by atoms with Gasteiger partial charge in [0.1, 0.15) is 5.75 Å². The van der Waals surface area contributed by atoms with Crippen molar-refractivity contribution in [3.05, 3.63) is 54.1 Å². The lowest BCUT2D eigenvalue weighted by molar-refractivity contribution is -0.137. The molecule has 1 amide bonds. The van der Waals surface area contributed by atoms with E-state index in [0.29, 0.717) is 19.1 Å². The van der Waals surface area contributed by atoms with Crippen molar-refractivity contribution in [2.24, 2.45) is 11.3 Å². The summed E-state index contributed by atoms with van der Waals surface area (Å²) in [5, 5.41) is 3.27. The van der Waals surface area contributed by atoms with Gasteiger partial charge in [0.15, 0.2) is 0 Å². The number of hydrogen-bond acceptors (Lipinski definition) is 4. The summed E-state index contributed by atoms with van der Waals surface area (Å²) in [5.74, 6) is 1.56. The molecule has 2 aliphatic heterocycles. The van der Waals surface area contributed by atoms with Gasteiger partial charge in [-0.3, -0.25) is 4.79 Å². The molecule has 0 saturated carbocycles. The average Bonchev–Trinajstić information content (AvgIpc) is 2.84. The molecule has 0 spiro atoms. The van der Waals surface area contributed by atoms with Gasteiger partial charge in [0, 0.05) is 38.5 Å². The van der Waals surface area contributed by atoms with E-state index in [4.69, 9.17) is 14.2 Å². The Morgan fingerprint density at radius 1 is 1.00 bits per heavy atom. The second kappa shape index (κ2) is 10.3. The molecule has 2 aromatic rings. The van der Waals surface area contributed by atoms with E-state index < -0.39 is 5.41 Å². The van der Waals surface area contributed by atoms with Crippen molar-refractivity contribution in [2.75, 3.05) is 40.1 Å². The Balaban J connectivity index is 1.46. The van der Waals surface area contributed by atoms with E-state index in [1.54, 1.807) is 7.11 Å². The topological polar surface area (TPSA) is 56.8 Å².